The van der Waals surface area contributed by atoms with Crippen molar-refractivity contribution in [1.82, 2.24) is 10.3 Å². The lowest BCUT2D eigenvalue weighted by Crippen LogP contribution is -2.25. The molecule has 0 unspecified atom stereocenters. The Hall–Kier alpha value is -2.38. The van der Waals surface area contributed by atoms with Gasteiger partial charge in [-0.2, -0.15) is 0 Å². The molecule has 0 radical (unpaired) electrons. The van der Waals surface area contributed by atoms with Crippen molar-refractivity contribution in [2.24, 2.45) is 0 Å². The normalized spacial score (nSPS) is 17.2. The number of carbonyl (C=O) groups is 1. The summed E-state index contributed by atoms with van der Waals surface area (Å²) in [6.45, 7) is 1.22. The van der Waals surface area contributed by atoms with Crippen molar-refractivity contribution in [2.75, 3.05) is 13.2 Å². The van der Waals surface area contributed by atoms with Gasteiger partial charge >= 0.3 is 0 Å². The number of furan rings is 1. The molecular formula is C16H18N2O5. The van der Waals surface area contributed by atoms with Crippen LogP contribution in [0, 0.1) is 0 Å². The van der Waals surface area contributed by atoms with E-state index in [0.717, 1.165) is 6.42 Å². The Bertz CT molecular complexity index is 664. The van der Waals surface area contributed by atoms with Crippen molar-refractivity contribution in [2.45, 2.75) is 25.7 Å². The van der Waals surface area contributed by atoms with Crippen molar-refractivity contribution in [1.29, 1.82) is 0 Å². The van der Waals surface area contributed by atoms with E-state index in [1.54, 1.807) is 30.5 Å². The quantitative estimate of drug-likeness (QED) is 0.833. The molecule has 0 spiro atoms. The molecule has 1 atom stereocenters. The van der Waals surface area contributed by atoms with Gasteiger partial charge in [-0.05, 0) is 24.3 Å². The minimum atomic E-state index is -0.297. The van der Waals surface area contributed by atoms with Gasteiger partial charge in [-0.25, -0.2) is 4.98 Å². The number of hydrogen-bond acceptors (Lipinski definition) is 6. The summed E-state index contributed by atoms with van der Waals surface area (Å²) in [6, 6.07) is 6.72. The molecule has 1 saturated heterocycles. The van der Waals surface area contributed by atoms with Crippen molar-refractivity contribution in [3.05, 3.63) is 47.5 Å². The molecule has 122 valence electrons. The Morgan fingerprint density at radius 3 is 3.00 bits per heavy atom. The lowest BCUT2D eigenvalue weighted by Gasteiger charge is -2.13. The standard InChI is InChI=1S/C16H18N2O5/c19-9-12-4-3-11(22-12)8-18-15(20)14-2-1-6-17-16(14)23-13-5-7-21-10-13/h1-4,6,13,19H,5,7-10H2,(H,18,20)/t13-/m1/s1. The van der Waals surface area contributed by atoms with Crippen molar-refractivity contribution in [3.63, 3.8) is 0 Å². The molecule has 2 aromatic heterocycles. The zero-order chi connectivity index (χ0) is 16.1. The van der Waals surface area contributed by atoms with Gasteiger partial charge in [-0.3, -0.25) is 4.79 Å². The topological polar surface area (TPSA) is 93.8 Å². The van der Waals surface area contributed by atoms with E-state index in [2.05, 4.69) is 10.3 Å². The fourth-order valence-electron chi connectivity index (χ4n) is 2.29. The summed E-state index contributed by atoms with van der Waals surface area (Å²) in [6.07, 6.45) is 2.30. The Labute approximate surface area is 133 Å². The molecule has 1 aliphatic rings. The highest BCUT2D eigenvalue weighted by atomic mass is 16.5. The van der Waals surface area contributed by atoms with E-state index < -0.39 is 0 Å². The first-order valence-electron chi connectivity index (χ1n) is 7.42. The third-order valence-corrected chi connectivity index (χ3v) is 3.48. The van der Waals surface area contributed by atoms with Gasteiger partial charge in [0.25, 0.3) is 5.91 Å². The molecule has 3 heterocycles. The summed E-state index contributed by atoms with van der Waals surface area (Å²) in [5.74, 6) is 1.03. The highest BCUT2D eigenvalue weighted by Crippen LogP contribution is 2.19. The van der Waals surface area contributed by atoms with Crippen molar-refractivity contribution >= 4 is 5.91 Å². The largest absolute Gasteiger partial charge is 0.471 e. The minimum Gasteiger partial charge on any atom is -0.471 e. The maximum absolute atomic E-state index is 12.3. The van der Waals surface area contributed by atoms with Gasteiger partial charge in [-0.15, -0.1) is 0 Å². The van der Waals surface area contributed by atoms with Crippen LogP contribution in [0.2, 0.25) is 0 Å². The van der Waals surface area contributed by atoms with E-state index in [-0.39, 0.29) is 25.2 Å². The lowest BCUT2D eigenvalue weighted by molar-refractivity contribution is 0.0934. The van der Waals surface area contributed by atoms with Crippen molar-refractivity contribution < 1.29 is 23.8 Å². The lowest BCUT2D eigenvalue weighted by atomic mass is 10.2. The van der Waals surface area contributed by atoms with Gasteiger partial charge in [-0.1, -0.05) is 0 Å². The zero-order valence-electron chi connectivity index (χ0n) is 12.5. The van der Waals surface area contributed by atoms with E-state index in [1.807, 2.05) is 0 Å². The molecule has 0 aliphatic carbocycles. The molecule has 0 saturated carbocycles. The number of hydrogen-bond donors (Lipinski definition) is 2. The van der Waals surface area contributed by atoms with E-state index in [0.29, 0.717) is 36.2 Å². The molecule has 0 bridgehead atoms. The number of pyridine rings is 1. The number of aliphatic hydroxyl groups excluding tert-OH is 1. The fourth-order valence-corrected chi connectivity index (χ4v) is 2.29. The van der Waals surface area contributed by atoms with E-state index >= 15 is 0 Å². The number of nitrogens with zero attached hydrogens (tertiary/aromatic N) is 1. The second-order valence-electron chi connectivity index (χ2n) is 5.17. The number of amides is 1. The van der Waals surface area contributed by atoms with Crippen LogP contribution in [-0.2, 0) is 17.9 Å². The Morgan fingerprint density at radius 1 is 1.39 bits per heavy atom. The average Bonchev–Trinajstić information content (AvgIpc) is 3.24. The Kier molecular flexibility index (Phi) is 4.89. The first kappa shape index (κ1) is 15.5. The summed E-state index contributed by atoms with van der Waals surface area (Å²) in [7, 11) is 0. The number of aliphatic hydroxyl groups is 1. The molecule has 2 N–H and O–H groups in total. The summed E-state index contributed by atoms with van der Waals surface area (Å²) >= 11 is 0. The van der Waals surface area contributed by atoms with Crippen LogP contribution in [0.5, 0.6) is 5.88 Å². The van der Waals surface area contributed by atoms with Gasteiger partial charge in [0.2, 0.25) is 5.88 Å². The monoisotopic (exact) mass is 318 g/mol. The fraction of sp³-hybridized carbons (Fsp3) is 0.375. The SMILES string of the molecule is O=C(NCc1ccc(CO)o1)c1cccnc1O[C@@H]1CCOC1. The highest BCUT2D eigenvalue weighted by molar-refractivity contribution is 5.96. The van der Waals surface area contributed by atoms with Crippen LogP contribution in [0.3, 0.4) is 0 Å². The Morgan fingerprint density at radius 2 is 2.26 bits per heavy atom. The average molecular weight is 318 g/mol. The molecule has 7 nitrogen and oxygen atoms in total. The van der Waals surface area contributed by atoms with E-state index in [4.69, 9.17) is 19.0 Å². The summed E-state index contributed by atoms with van der Waals surface area (Å²) in [4.78, 5) is 16.5. The van der Waals surface area contributed by atoms with Crippen LogP contribution in [0.25, 0.3) is 0 Å². The molecular weight excluding hydrogens is 300 g/mol. The van der Waals surface area contributed by atoms with E-state index in [9.17, 15) is 4.79 Å². The molecule has 7 heteroatoms. The molecule has 1 amide bonds. The molecule has 1 fully saturated rings. The van der Waals surface area contributed by atoms with Gasteiger partial charge in [0, 0.05) is 12.6 Å². The third kappa shape index (κ3) is 3.88. The molecule has 1 aliphatic heterocycles. The second-order valence-corrected chi connectivity index (χ2v) is 5.17. The molecule has 23 heavy (non-hydrogen) atoms. The smallest absolute Gasteiger partial charge is 0.257 e. The van der Waals surface area contributed by atoms with Gasteiger partial charge < -0.3 is 24.3 Å². The summed E-state index contributed by atoms with van der Waals surface area (Å²) < 4.78 is 16.3. The van der Waals surface area contributed by atoms with Crippen LogP contribution in [0.1, 0.15) is 28.3 Å². The van der Waals surface area contributed by atoms with Crippen molar-refractivity contribution in [3.8, 4) is 5.88 Å². The maximum Gasteiger partial charge on any atom is 0.257 e. The third-order valence-electron chi connectivity index (χ3n) is 3.48. The van der Waals surface area contributed by atoms with Gasteiger partial charge in [0.15, 0.2) is 0 Å². The zero-order valence-corrected chi connectivity index (χ0v) is 12.5. The van der Waals surface area contributed by atoms with Crippen LogP contribution in [0.15, 0.2) is 34.9 Å². The number of nitrogens with one attached hydrogen (secondary N) is 1. The predicted molar refractivity (Wildman–Crippen MR) is 79.9 cm³/mol. The molecule has 0 aromatic carbocycles. The van der Waals surface area contributed by atoms with Crippen LogP contribution in [-0.4, -0.2) is 35.3 Å². The number of aromatic nitrogens is 1. The Balaban J connectivity index is 1.64. The summed E-state index contributed by atoms with van der Waals surface area (Å²) in [5, 5.41) is 11.7. The summed E-state index contributed by atoms with van der Waals surface area (Å²) in [5.41, 5.74) is 0.369. The second kappa shape index (κ2) is 7.26. The maximum atomic E-state index is 12.3. The minimum absolute atomic E-state index is 0.0753. The highest BCUT2D eigenvalue weighted by Gasteiger charge is 2.21. The van der Waals surface area contributed by atoms with Crippen LogP contribution in [0.4, 0.5) is 0 Å². The molecule has 3 rings (SSSR count). The van der Waals surface area contributed by atoms with E-state index in [1.165, 1.54) is 0 Å². The number of carbonyl (C=O) groups excluding carboxylic acids is 1. The number of rotatable bonds is 6. The van der Waals surface area contributed by atoms with Crippen LogP contribution >= 0.6 is 0 Å². The first-order valence-corrected chi connectivity index (χ1v) is 7.42. The van der Waals surface area contributed by atoms with Gasteiger partial charge in [0.1, 0.15) is 29.8 Å². The first-order chi connectivity index (χ1) is 11.3. The predicted octanol–water partition coefficient (Wildman–Crippen LogP) is 1.26. The van der Waals surface area contributed by atoms with Gasteiger partial charge in [0.05, 0.1) is 19.8 Å². The molecule has 2 aromatic rings. The number of ether oxygens (including phenoxy) is 2. The van der Waals surface area contributed by atoms with Crippen LogP contribution < -0.4 is 10.1 Å².